The molecule has 1 aliphatic rings. The summed E-state index contributed by atoms with van der Waals surface area (Å²) in [5.41, 5.74) is 1.18. The van der Waals surface area contributed by atoms with E-state index in [0.717, 1.165) is 18.7 Å². The summed E-state index contributed by atoms with van der Waals surface area (Å²) >= 11 is 6.17. The average Bonchev–Trinajstić information content (AvgIpc) is 2.56. The third kappa shape index (κ3) is 2.18. The molecule has 2 nitrogen and oxygen atoms in total. The van der Waals surface area contributed by atoms with Gasteiger partial charge in [0.25, 0.3) is 0 Å². The minimum atomic E-state index is 0.262. The fourth-order valence-electron chi connectivity index (χ4n) is 1.82. The molecule has 1 saturated carbocycles. The van der Waals surface area contributed by atoms with E-state index in [4.69, 9.17) is 11.6 Å². The van der Waals surface area contributed by atoms with Gasteiger partial charge in [-0.25, -0.2) is 4.98 Å². The molecule has 1 fully saturated rings. The maximum atomic E-state index is 6.17. The summed E-state index contributed by atoms with van der Waals surface area (Å²) in [4.78, 5) is 4.31. The Labute approximate surface area is 89.7 Å². The maximum absolute atomic E-state index is 6.17. The van der Waals surface area contributed by atoms with Crippen LogP contribution in [-0.4, -0.2) is 16.4 Å². The molecule has 76 valence electrons. The van der Waals surface area contributed by atoms with E-state index in [1.165, 1.54) is 12.0 Å². The lowest BCUT2D eigenvalue weighted by molar-refractivity contribution is 0.756. The second-order valence-corrected chi connectivity index (χ2v) is 4.48. The van der Waals surface area contributed by atoms with Crippen molar-refractivity contribution in [3.63, 3.8) is 0 Å². The van der Waals surface area contributed by atoms with E-state index < -0.39 is 0 Å². The van der Waals surface area contributed by atoms with Gasteiger partial charge < -0.3 is 5.32 Å². The second kappa shape index (κ2) is 4.18. The molecular weight excluding hydrogens is 196 g/mol. The van der Waals surface area contributed by atoms with Gasteiger partial charge in [-0.3, -0.25) is 0 Å². The van der Waals surface area contributed by atoms with Gasteiger partial charge in [0, 0.05) is 12.2 Å². The van der Waals surface area contributed by atoms with Gasteiger partial charge in [-0.2, -0.15) is 0 Å². The third-order valence-electron chi connectivity index (χ3n) is 2.68. The highest BCUT2D eigenvalue weighted by molar-refractivity contribution is 6.21. The number of aromatic nitrogens is 1. The Hall–Kier alpha value is -0.760. The van der Waals surface area contributed by atoms with Crippen molar-refractivity contribution in [3.8, 4) is 0 Å². The van der Waals surface area contributed by atoms with Gasteiger partial charge >= 0.3 is 0 Å². The number of aryl methyl sites for hydroxylation is 1. The van der Waals surface area contributed by atoms with Gasteiger partial charge in [0.2, 0.25) is 0 Å². The van der Waals surface area contributed by atoms with Crippen LogP contribution in [0.5, 0.6) is 0 Å². The van der Waals surface area contributed by atoms with Crippen molar-refractivity contribution in [1.82, 2.24) is 4.98 Å². The second-order valence-electron chi connectivity index (χ2n) is 3.92. The molecule has 0 radical (unpaired) electrons. The minimum Gasteiger partial charge on any atom is -0.366 e. The molecule has 1 heterocycles. The molecule has 0 aromatic carbocycles. The number of hydrogen-bond donors (Lipinski definition) is 1. The Morgan fingerprint density at radius 1 is 1.43 bits per heavy atom. The predicted molar refractivity (Wildman–Crippen MR) is 59.9 cm³/mol. The summed E-state index contributed by atoms with van der Waals surface area (Å²) in [6.45, 7) is 2.04. The molecule has 0 amide bonds. The Bertz CT molecular complexity index is 297. The van der Waals surface area contributed by atoms with Crippen molar-refractivity contribution in [2.75, 3.05) is 5.32 Å². The van der Waals surface area contributed by atoms with Crippen molar-refractivity contribution < 1.29 is 0 Å². The Morgan fingerprint density at radius 2 is 2.29 bits per heavy atom. The van der Waals surface area contributed by atoms with Crippen LogP contribution in [0.2, 0.25) is 0 Å². The molecule has 1 aromatic rings. The molecule has 2 atom stereocenters. The van der Waals surface area contributed by atoms with Gasteiger partial charge in [-0.15, -0.1) is 11.6 Å². The average molecular weight is 211 g/mol. The number of alkyl halides is 1. The molecule has 1 aromatic heterocycles. The topological polar surface area (TPSA) is 24.9 Å². The van der Waals surface area contributed by atoms with Crippen LogP contribution in [0, 0.1) is 6.92 Å². The first-order valence-electron chi connectivity index (χ1n) is 5.09. The summed E-state index contributed by atoms with van der Waals surface area (Å²) in [6, 6.07) is 4.47. The zero-order valence-electron chi connectivity index (χ0n) is 8.33. The van der Waals surface area contributed by atoms with Crippen LogP contribution in [-0.2, 0) is 0 Å². The summed E-state index contributed by atoms with van der Waals surface area (Å²) < 4.78 is 0. The van der Waals surface area contributed by atoms with Crippen LogP contribution in [0.4, 0.5) is 5.82 Å². The van der Waals surface area contributed by atoms with E-state index in [0.29, 0.717) is 6.04 Å². The molecular formula is C11H15ClN2. The van der Waals surface area contributed by atoms with Gasteiger partial charge in [-0.05, 0) is 37.8 Å². The van der Waals surface area contributed by atoms with Crippen molar-refractivity contribution in [3.05, 3.63) is 23.9 Å². The van der Waals surface area contributed by atoms with Gasteiger partial charge in [-0.1, -0.05) is 6.07 Å². The number of nitrogens with zero attached hydrogens (tertiary/aromatic N) is 1. The van der Waals surface area contributed by atoms with E-state index in [1.54, 1.807) is 0 Å². The molecule has 2 rings (SSSR count). The number of rotatable bonds is 2. The van der Waals surface area contributed by atoms with Gasteiger partial charge in [0.05, 0.1) is 5.38 Å². The quantitative estimate of drug-likeness (QED) is 0.760. The summed E-state index contributed by atoms with van der Waals surface area (Å²) in [5.74, 6) is 0.938. The lowest BCUT2D eigenvalue weighted by atomic mass is 10.2. The van der Waals surface area contributed by atoms with Crippen molar-refractivity contribution in [2.45, 2.75) is 37.6 Å². The first-order valence-corrected chi connectivity index (χ1v) is 5.52. The zero-order chi connectivity index (χ0) is 9.97. The van der Waals surface area contributed by atoms with Crippen molar-refractivity contribution in [1.29, 1.82) is 0 Å². The van der Waals surface area contributed by atoms with E-state index in [9.17, 15) is 0 Å². The lowest BCUT2D eigenvalue weighted by Gasteiger charge is -2.16. The Kier molecular flexibility index (Phi) is 2.92. The van der Waals surface area contributed by atoms with Crippen LogP contribution in [0.15, 0.2) is 18.3 Å². The SMILES string of the molecule is Cc1ccc(NC2CCCC2Cl)nc1. The zero-order valence-corrected chi connectivity index (χ0v) is 9.09. The molecule has 0 spiro atoms. The summed E-state index contributed by atoms with van der Waals surface area (Å²) in [5, 5.41) is 3.64. The van der Waals surface area contributed by atoms with Gasteiger partial charge in [0.1, 0.15) is 5.82 Å². The van der Waals surface area contributed by atoms with Gasteiger partial charge in [0.15, 0.2) is 0 Å². The molecule has 3 heteroatoms. The number of pyridine rings is 1. The molecule has 0 aliphatic heterocycles. The van der Waals surface area contributed by atoms with Crippen LogP contribution in [0.3, 0.4) is 0 Å². The van der Waals surface area contributed by atoms with Crippen molar-refractivity contribution >= 4 is 17.4 Å². The smallest absolute Gasteiger partial charge is 0.126 e. The highest BCUT2D eigenvalue weighted by atomic mass is 35.5. The predicted octanol–water partition coefficient (Wildman–Crippen LogP) is 2.96. The fraction of sp³-hybridized carbons (Fsp3) is 0.545. The van der Waals surface area contributed by atoms with Crippen molar-refractivity contribution in [2.24, 2.45) is 0 Å². The number of hydrogen-bond acceptors (Lipinski definition) is 2. The lowest BCUT2D eigenvalue weighted by Crippen LogP contribution is -2.24. The molecule has 1 N–H and O–H groups in total. The Morgan fingerprint density at radius 3 is 2.86 bits per heavy atom. The first-order chi connectivity index (χ1) is 6.75. The number of halogens is 1. The van der Waals surface area contributed by atoms with E-state index in [-0.39, 0.29) is 5.38 Å². The fourth-order valence-corrected chi connectivity index (χ4v) is 2.16. The highest BCUT2D eigenvalue weighted by Crippen LogP contribution is 2.26. The summed E-state index contributed by atoms with van der Waals surface area (Å²) in [6.07, 6.45) is 5.37. The van der Waals surface area contributed by atoms with E-state index >= 15 is 0 Å². The summed E-state index contributed by atoms with van der Waals surface area (Å²) in [7, 11) is 0. The normalized spacial score (nSPS) is 26.4. The Balaban J connectivity index is 2.00. The van der Waals surface area contributed by atoms with Crippen LogP contribution in [0.1, 0.15) is 24.8 Å². The molecule has 1 aliphatic carbocycles. The maximum Gasteiger partial charge on any atom is 0.126 e. The van der Waals surface area contributed by atoms with Crippen LogP contribution < -0.4 is 5.32 Å². The monoisotopic (exact) mass is 210 g/mol. The van der Waals surface area contributed by atoms with Crippen LogP contribution >= 0.6 is 11.6 Å². The number of nitrogens with one attached hydrogen (secondary N) is 1. The minimum absolute atomic E-state index is 0.262. The first kappa shape index (κ1) is 9.78. The highest BCUT2D eigenvalue weighted by Gasteiger charge is 2.25. The van der Waals surface area contributed by atoms with E-state index in [1.807, 2.05) is 19.2 Å². The van der Waals surface area contributed by atoms with E-state index in [2.05, 4.69) is 16.4 Å². The molecule has 2 unspecified atom stereocenters. The molecule has 0 bridgehead atoms. The standard InChI is InChI=1S/C11H15ClN2/c1-8-5-6-11(13-7-8)14-10-4-2-3-9(10)12/h5-7,9-10H,2-4H2,1H3,(H,13,14). The van der Waals surface area contributed by atoms with Crippen LogP contribution in [0.25, 0.3) is 0 Å². The third-order valence-corrected chi connectivity index (χ3v) is 3.20. The molecule has 14 heavy (non-hydrogen) atoms. The molecule has 0 saturated heterocycles. The largest absolute Gasteiger partial charge is 0.366 e. The number of anilines is 1.